The zero-order valence-electron chi connectivity index (χ0n) is 12.9. The molecule has 1 aromatic heterocycles. The fraction of sp³-hybridized carbons (Fsp3) is 0.333. The van der Waals surface area contributed by atoms with E-state index in [9.17, 15) is 14.3 Å². The number of amides is 1. The Morgan fingerprint density at radius 1 is 1.39 bits per heavy atom. The zero-order valence-corrected chi connectivity index (χ0v) is 12.9. The molecule has 0 saturated heterocycles. The minimum Gasteiger partial charge on any atom is -0.375 e. The third-order valence-electron chi connectivity index (χ3n) is 4.22. The maximum absolute atomic E-state index is 13.7. The van der Waals surface area contributed by atoms with Gasteiger partial charge in [0.1, 0.15) is 0 Å². The minimum atomic E-state index is -1.56. The molecule has 1 aliphatic carbocycles. The summed E-state index contributed by atoms with van der Waals surface area (Å²) in [6.45, 7) is 1.81. The van der Waals surface area contributed by atoms with Crippen molar-refractivity contribution in [1.29, 1.82) is 0 Å². The number of nitrogens with zero attached hydrogens (tertiary/aromatic N) is 1. The van der Waals surface area contributed by atoms with Crippen LogP contribution in [0.5, 0.6) is 0 Å². The largest absolute Gasteiger partial charge is 0.375 e. The summed E-state index contributed by atoms with van der Waals surface area (Å²) in [5, 5.41) is 13.6. The molecule has 2 aromatic rings. The lowest BCUT2D eigenvalue weighted by Gasteiger charge is -2.27. The van der Waals surface area contributed by atoms with Crippen molar-refractivity contribution in [3.8, 4) is 0 Å². The number of aromatic nitrogens is 1. The Morgan fingerprint density at radius 2 is 2.09 bits per heavy atom. The topological polar surface area (TPSA) is 62.2 Å². The standard InChI is InChI=1S/C18H19FN2O2/c1-12-9-13(16(19)20-10-12)11-21-17(22)18(23,15-7-8-15)14-5-3-2-4-6-14/h2-6,9-10,15,23H,7-8,11H2,1H3,(H,21,22). The summed E-state index contributed by atoms with van der Waals surface area (Å²) >= 11 is 0. The minimum absolute atomic E-state index is 0.00120. The molecule has 0 radical (unpaired) electrons. The van der Waals surface area contributed by atoms with Crippen LogP contribution in [-0.2, 0) is 16.9 Å². The van der Waals surface area contributed by atoms with Crippen LogP contribution in [0, 0.1) is 18.8 Å². The Kier molecular flexibility index (Phi) is 4.13. The van der Waals surface area contributed by atoms with Crippen LogP contribution in [0.2, 0.25) is 0 Å². The van der Waals surface area contributed by atoms with E-state index in [1.807, 2.05) is 13.0 Å². The molecule has 1 atom stereocenters. The van der Waals surface area contributed by atoms with Crippen molar-refractivity contribution >= 4 is 5.91 Å². The molecule has 0 aliphatic heterocycles. The van der Waals surface area contributed by atoms with E-state index in [0.29, 0.717) is 11.1 Å². The SMILES string of the molecule is Cc1cnc(F)c(CNC(=O)C(O)(c2ccccc2)C2CC2)c1. The van der Waals surface area contributed by atoms with E-state index in [1.54, 1.807) is 30.3 Å². The Morgan fingerprint density at radius 3 is 2.74 bits per heavy atom. The number of aryl methyl sites for hydroxylation is 1. The number of pyridine rings is 1. The summed E-state index contributed by atoms with van der Waals surface area (Å²) < 4.78 is 13.7. The van der Waals surface area contributed by atoms with Gasteiger partial charge in [-0.05, 0) is 37.0 Å². The molecule has 1 amide bonds. The predicted molar refractivity (Wildman–Crippen MR) is 83.8 cm³/mol. The van der Waals surface area contributed by atoms with E-state index in [0.717, 1.165) is 18.4 Å². The molecule has 3 rings (SSSR count). The lowest BCUT2D eigenvalue weighted by atomic mass is 9.88. The molecular formula is C18H19FN2O2. The van der Waals surface area contributed by atoms with Gasteiger partial charge in [-0.1, -0.05) is 30.3 Å². The van der Waals surface area contributed by atoms with Crippen molar-refractivity contribution in [1.82, 2.24) is 10.3 Å². The molecule has 5 heteroatoms. The van der Waals surface area contributed by atoms with Gasteiger partial charge < -0.3 is 10.4 Å². The quantitative estimate of drug-likeness (QED) is 0.833. The first-order chi connectivity index (χ1) is 11.0. The lowest BCUT2D eigenvalue weighted by Crippen LogP contribution is -2.46. The highest BCUT2D eigenvalue weighted by Crippen LogP contribution is 2.45. The van der Waals surface area contributed by atoms with Crippen LogP contribution in [-0.4, -0.2) is 16.0 Å². The number of hydrogen-bond donors (Lipinski definition) is 2. The zero-order chi connectivity index (χ0) is 16.4. The molecule has 1 saturated carbocycles. The van der Waals surface area contributed by atoms with Crippen molar-refractivity contribution in [2.75, 3.05) is 0 Å². The van der Waals surface area contributed by atoms with Gasteiger partial charge in [0.2, 0.25) is 5.95 Å². The number of nitrogens with one attached hydrogen (secondary N) is 1. The number of hydrogen-bond acceptors (Lipinski definition) is 3. The molecule has 1 aliphatic rings. The summed E-state index contributed by atoms with van der Waals surface area (Å²) in [7, 11) is 0. The van der Waals surface area contributed by atoms with Crippen LogP contribution in [0.1, 0.15) is 29.5 Å². The normalized spacial score (nSPS) is 16.7. The summed E-state index contributed by atoms with van der Waals surface area (Å²) in [5.41, 5.74) is 0.137. The van der Waals surface area contributed by atoms with Gasteiger partial charge in [-0.3, -0.25) is 4.79 Å². The molecule has 23 heavy (non-hydrogen) atoms. The van der Waals surface area contributed by atoms with Crippen molar-refractivity contribution in [2.45, 2.75) is 31.9 Å². The van der Waals surface area contributed by atoms with Crippen molar-refractivity contribution < 1.29 is 14.3 Å². The lowest BCUT2D eigenvalue weighted by molar-refractivity contribution is -0.143. The van der Waals surface area contributed by atoms with Crippen LogP contribution < -0.4 is 5.32 Å². The maximum Gasteiger partial charge on any atom is 0.257 e. The van der Waals surface area contributed by atoms with E-state index >= 15 is 0 Å². The highest BCUT2D eigenvalue weighted by molar-refractivity contribution is 5.87. The number of aliphatic hydroxyl groups is 1. The first-order valence-electron chi connectivity index (χ1n) is 7.69. The van der Waals surface area contributed by atoms with Crippen LogP contribution in [0.25, 0.3) is 0 Å². The molecular weight excluding hydrogens is 295 g/mol. The molecule has 2 N–H and O–H groups in total. The Labute approximate surface area is 134 Å². The van der Waals surface area contributed by atoms with Gasteiger partial charge in [-0.15, -0.1) is 0 Å². The molecule has 0 bridgehead atoms. The summed E-state index contributed by atoms with van der Waals surface area (Å²) in [6, 6.07) is 10.5. The molecule has 120 valence electrons. The third kappa shape index (κ3) is 3.10. The van der Waals surface area contributed by atoms with Gasteiger partial charge in [-0.2, -0.15) is 4.39 Å². The van der Waals surface area contributed by atoms with E-state index in [4.69, 9.17) is 0 Å². The first kappa shape index (κ1) is 15.6. The van der Waals surface area contributed by atoms with Gasteiger partial charge in [0, 0.05) is 24.2 Å². The fourth-order valence-corrected chi connectivity index (χ4v) is 2.79. The Bertz CT molecular complexity index is 716. The average Bonchev–Trinajstić information content (AvgIpc) is 3.40. The highest BCUT2D eigenvalue weighted by atomic mass is 19.1. The second-order valence-corrected chi connectivity index (χ2v) is 6.05. The molecule has 1 heterocycles. The predicted octanol–water partition coefficient (Wildman–Crippen LogP) is 2.44. The van der Waals surface area contributed by atoms with Crippen LogP contribution in [0.4, 0.5) is 4.39 Å². The molecule has 1 unspecified atom stereocenters. The second kappa shape index (κ2) is 6.08. The summed E-state index contributed by atoms with van der Waals surface area (Å²) in [4.78, 5) is 16.3. The second-order valence-electron chi connectivity index (χ2n) is 6.05. The number of carbonyl (C=O) groups excluding carboxylic acids is 1. The van der Waals surface area contributed by atoms with Crippen molar-refractivity contribution in [3.05, 3.63) is 65.2 Å². The number of halogens is 1. The van der Waals surface area contributed by atoms with Gasteiger partial charge in [-0.25, -0.2) is 4.98 Å². The fourth-order valence-electron chi connectivity index (χ4n) is 2.79. The summed E-state index contributed by atoms with van der Waals surface area (Å²) in [5.74, 6) is -1.19. The Balaban J connectivity index is 1.79. The molecule has 1 aromatic carbocycles. The van der Waals surface area contributed by atoms with Crippen molar-refractivity contribution in [2.24, 2.45) is 5.92 Å². The molecule has 1 fully saturated rings. The van der Waals surface area contributed by atoms with Gasteiger partial charge in [0.25, 0.3) is 5.91 Å². The van der Waals surface area contributed by atoms with E-state index in [1.165, 1.54) is 6.20 Å². The highest BCUT2D eigenvalue weighted by Gasteiger charge is 2.50. The first-order valence-corrected chi connectivity index (χ1v) is 7.69. The molecule has 0 spiro atoms. The summed E-state index contributed by atoms with van der Waals surface area (Å²) in [6.07, 6.45) is 3.05. The Hall–Kier alpha value is -2.27. The third-order valence-corrected chi connectivity index (χ3v) is 4.22. The van der Waals surface area contributed by atoms with Gasteiger partial charge in [0.05, 0.1) is 0 Å². The van der Waals surface area contributed by atoms with Crippen molar-refractivity contribution in [3.63, 3.8) is 0 Å². The van der Waals surface area contributed by atoms with Crippen LogP contribution in [0.3, 0.4) is 0 Å². The monoisotopic (exact) mass is 314 g/mol. The maximum atomic E-state index is 13.7. The van der Waals surface area contributed by atoms with Gasteiger partial charge >= 0.3 is 0 Å². The van der Waals surface area contributed by atoms with Crippen LogP contribution in [0.15, 0.2) is 42.6 Å². The smallest absolute Gasteiger partial charge is 0.257 e. The number of carbonyl (C=O) groups is 1. The van der Waals surface area contributed by atoms with E-state index in [-0.39, 0.29) is 12.5 Å². The van der Waals surface area contributed by atoms with E-state index in [2.05, 4.69) is 10.3 Å². The van der Waals surface area contributed by atoms with Crippen LogP contribution >= 0.6 is 0 Å². The molecule has 4 nitrogen and oxygen atoms in total. The number of benzene rings is 1. The average molecular weight is 314 g/mol. The van der Waals surface area contributed by atoms with E-state index < -0.39 is 17.5 Å². The number of rotatable bonds is 5. The van der Waals surface area contributed by atoms with Gasteiger partial charge in [0.15, 0.2) is 5.60 Å².